The lowest BCUT2D eigenvalue weighted by atomic mass is 10.7. The summed E-state index contributed by atoms with van der Waals surface area (Å²) in [7, 11) is 0. The van der Waals surface area contributed by atoms with Crippen molar-refractivity contribution in [1.29, 1.82) is 0 Å². The van der Waals surface area contributed by atoms with Crippen molar-refractivity contribution in [3.05, 3.63) is 18.6 Å². The number of hydrogen-bond donors (Lipinski definition) is 1. The predicted molar refractivity (Wildman–Crippen MR) is 26.2 cm³/mol. The molecule has 0 bridgehead atoms. The highest BCUT2D eigenvalue weighted by Gasteiger charge is 1.89. The fourth-order valence-electron chi connectivity index (χ4n) is 0.593. The molecule has 0 amide bonds. The number of aromatic nitrogens is 4. The number of rotatable bonds is 0. The van der Waals surface area contributed by atoms with Crippen LogP contribution in [-0.4, -0.2) is 19.8 Å². The zero-order valence-corrected chi connectivity index (χ0v) is 4.00. The SMILES string of the molecule is [c]1cc2[nH]ncn2n1. The quantitative estimate of drug-likeness (QED) is 0.509. The van der Waals surface area contributed by atoms with E-state index in [0.29, 0.717) is 0 Å². The molecule has 2 heterocycles. The van der Waals surface area contributed by atoms with Crippen LogP contribution in [0.2, 0.25) is 0 Å². The number of nitrogens with one attached hydrogen (secondary N) is 1. The maximum Gasteiger partial charge on any atom is 0.151 e. The van der Waals surface area contributed by atoms with Gasteiger partial charge in [0.25, 0.3) is 0 Å². The monoisotopic (exact) mass is 107 g/mol. The Morgan fingerprint density at radius 3 is 3.62 bits per heavy atom. The van der Waals surface area contributed by atoms with Gasteiger partial charge in [-0.25, -0.2) is 4.52 Å². The zero-order chi connectivity index (χ0) is 5.40. The van der Waals surface area contributed by atoms with Gasteiger partial charge in [0, 0.05) is 6.07 Å². The fourth-order valence-corrected chi connectivity index (χ4v) is 0.593. The number of nitrogens with zero attached hydrogens (tertiary/aromatic N) is 3. The number of hydrogen-bond acceptors (Lipinski definition) is 2. The van der Waals surface area contributed by atoms with E-state index in [4.69, 9.17) is 0 Å². The van der Waals surface area contributed by atoms with E-state index in [2.05, 4.69) is 21.5 Å². The molecule has 1 radical (unpaired) electrons. The first kappa shape index (κ1) is 3.65. The highest BCUT2D eigenvalue weighted by molar-refractivity contribution is 5.32. The van der Waals surface area contributed by atoms with Crippen LogP contribution in [0.25, 0.3) is 5.65 Å². The van der Waals surface area contributed by atoms with E-state index in [1.807, 2.05) is 0 Å². The van der Waals surface area contributed by atoms with E-state index in [1.54, 1.807) is 16.9 Å². The Morgan fingerprint density at radius 1 is 1.75 bits per heavy atom. The van der Waals surface area contributed by atoms with Crippen LogP contribution in [0.5, 0.6) is 0 Å². The molecule has 2 aromatic rings. The van der Waals surface area contributed by atoms with E-state index in [1.165, 1.54) is 0 Å². The molecular formula is C4H3N4. The maximum atomic E-state index is 3.78. The molecule has 0 aromatic carbocycles. The van der Waals surface area contributed by atoms with Crippen LogP contribution in [-0.2, 0) is 0 Å². The topological polar surface area (TPSA) is 46.0 Å². The third-order valence-corrected chi connectivity index (χ3v) is 0.960. The second-order valence-corrected chi connectivity index (χ2v) is 1.46. The lowest BCUT2D eigenvalue weighted by Gasteiger charge is -1.69. The largest absolute Gasteiger partial charge is 0.260 e. The summed E-state index contributed by atoms with van der Waals surface area (Å²) in [5.41, 5.74) is 0.866. The fraction of sp³-hybridized carbons (Fsp3) is 0. The van der Waals surface area contributed by atoms with Gasteiger partial charge in [0.15, 0.2) is 5.65 Å². The van der Waals surface area contributed by atoms with Gasteiger partial charge in [-0.3, -0.25) is 5.10 Å². The Bertz CT molecular complexity index is 229. The summed E-state index contributed by atoms with van der Waals surface area (Å²) in [5.74, 6) is 0. The molecule has 8 heavy (non-hydrogen) atoms. The van der Waals surface area contributed by atoms with Crippen LogP contribution >= 0.6 is 0 Å². The van der Waals surface area contributed by atoms with E-state index >= 15 is 0 Å². The minimum atomic E-state index is 0.866. The van der Waals surface area contributed by atoms with Crippen LogP contribution in [0.3, 0.4) is 0 Å². The lowest BCUT2D eigenvalue weighted by Crippen LogP contribution is -1.75. The second kappa shape index (κ2) is 1.09. The molecule has 0 atom stereocenters. The Kier molecular flexibility index (Phi) is 0.498. The molecule has 0 aliphatic heterocycles. The Labute approximate surface area is 45.1 Å². The first-order valence-electron chi connectivity index (χ1n) is 2.21. The van der Waals surface area contributed by atoms with Gasteiger partial charge < -0.3 is 0 Å². The lowest BCUT2D eigenvalue weighted by molar-refractivity contribution is 0.950. The summed E-state index contributed by atoms with van der Waals surface area (Å²) in [6.45, 7) is 0. The average Bonchev–Trinajstić information content (AvgIpc) is 2.15. The summed E-state index contributed by atoms with van der Waals surface area (Å²) >= 11 is 0. The molecule has 0 saturated carbocycles. The van der Waals surface area contributed by atoms with Gasteiger partial charge in [0.2, 0.25) is 0 Å². The molecule has 0 fully saturated rings. The molecular weight excluding hydrogens is 104 g/mol. The highest BCUT2D eigenvalue weighted by Crippen LogP contribution is 1.90. The van der Waals surface area contributed by atoms with E-state index in [-0.39, 0.29) is 0 Å². The second-order valence-electron chi connectivity index (χ2n) is 1.46. The van der Waals surface area contributed by atoms with Gasteiger partial charge in [0.1, 0.15) is 12.5 Å². The Balaban J connectivity index is 3.06. The standard InChI is InChI=1S/C4H3N4/c1-2-6-8-3-5-7-4(1)8/h1,3,7H. The van der Waals surface area contributed by atoms with Crippen LogP contribution in [0.15, 0.2) is 12.4 Å². The van der Waals surface area contributed by atoms with Crippen molar-refractivity contribution in [1.82, 2.24) is 19.8 Å². The third-order valence-electron chi connectivity index (χ3n) is 0.960. The first-order valence-corrected chi connectivity index (χ1v) is 2.21. The Hall–Kier alpha value is -1.32. The molecule has 4 heteroatoms. The molecule has 2 rings (SSSR count). The van der Waals surface area contributed by atoms with Crippen molar-refractivity contribution in [2.24, 2.45) is 0 Å². The zero-order valence-electron chi connectivity index (χ0n) is 4.00. The summed E-state index contributed by atoms with van der Waals surface area (Å²) in [6, 6.07) is 1.73. The number of aromatic amines is 1. The van der Waals surface area contributed by atoms with Crippen molar-refractivity contribution in [3.63, 3.8) is 0 Å². The average molecular weight is 107 g/mol. The van der Waals surface area contributed by atoms with Gasteiger partial charge in [-0.1, -0.05) is 0 Å². The van der Waals surface area contributed by atoms with Crippen molar-refractivity contribution < 1.29 is 0 Å². The molecule has 0 aliphatic rings. The van der Waals surface area contributed by atoms with Crippen molar-refractivity contribution >= 4 is 5.65 Å². The summed E-state index contributed by atoms with van der Waals surface area (Å²) < 4.78 is 1.61. The highest BCUT2D eigenvalue weighted by atomic mass is 15.3. The summed E-state index contributed by atoms with van der Waals surface area (Å²) in [4.78, 5) is 0. The molecule has 0 spiro atoms. The van der Waals surface area contributed by atoms with Gasteiger partial charge in [-0.2, -0.15) is 10.2 Å². The maximum absolute atomic E-state index is 3.78. The van der Waals surface area contributed by atoms with E-state index in [0.717, 1.165) is 5.65 Å². The van der Waals surface area contributed by atoms with Crippen molar-refractivity contribution in [2.45, 2.75) is 0 Å². The summed E-state index contributed by atoms with van der Waals surface area (Å²) in [5, 5.41) is 10.2. The molecule has 39 valence electrons. The third kappa shape index (κ3) is 0.294. The molecule has 1 N–H and O–H groups in total. The predicted octanol–water partition coefficient (Wildman–Crippen LogP) is -0.142. The van der Waals surface area contributed by atoms with Gasteiger partial charge in [-0.15, -0.1) is 0 Å². The van der Waals surface area contributed by atoms with Crippen LogP contribution in [0.1, 0.15) is 0 Å². The molecule has 0 saturated heterocycles. The van der Waals surface area contributed by atoms with Crippen LogP contribution in [0.4, 0.5) is 0 Å². The van der Waals surface area contributed by atoms with E-state index < -0.39 is 0 Å². The number of fused-ring (bicyclic) bond motifs is 1. The van der Waals surface area contributed by atoms with Crippen molar-refractivity contribution in [2.75, 3.05) is 0 Å². The smallest absolute Gasteiger partial charge is 0.151 e. The van der Waals surface area contributed by atoms with Gasteiger partial charge in [0.05, 0.1) is 0 Å². The van der Waals surface area contributed by atoms with Gasteiger partial charge >= 0.3 is 0 Å². The van der Waals surface area contributed by atoms with Crippen molar-refractivity contribution in [3.8, 4) is 0 Å². The van der Waals surface area contributed by atoms with Gasteiger partial charge in [-0.05, 0) is 0 Å². The van der Waals surface area contributed by atoms with E-state index in [9.17, 15) is 0 Å². The molecule has 0 unspecified atom stereocenters. The summed E-state index contributed by atoms with van der Waals surface area (Å²) in [6.07, 6.45) is 4.25. The molecule has 4 nitrogen and oxygen atoms in total. The minimum Gasteiger partial charge on any atom is -0.260 e. The normalized spacial score (nSPS) is 10.5. The van der Waals surface area contributed by atoms with Crippen LogP contribution in [0, 0.1) is 6.20 Å². The van der Waals surface area contributed by atoms with Crippen LogP contribution < -0.4 is 0 Å². The number of H-pyrrole nitrogens is 1. The Morgan fingerprint density at radius 2 is 2.75 bits per heavy atom. The molecule has 2 aromatic heterocycles. The molecule has 0 aliphatic carbocycles. The minimum absolute atomic E-state index is 0.866. The first-order chi connectivity index (χ1) is 3.97.